The van der Waals surface area contributed by atoms with E-state index >= 15 is 0 Å². The minimum atomic E-state index is 0.0847. The molecular formula is C10H8INO. The smallest absolute Gasteiger partial charge is 0.163 e. The molecule has 3 heteroatoms. The van der Waals surface area contributed by atoms with Crippen molar-refractivity contribution >= 4 is 28.4 Å². The Bertz CT molecular complexity index is 379. The quantitative estimate of drug-likeness (QED) is 0.619. The van der Waals surface area contributed by atoms with Crippen LogP contribution in [0.3, 0.4) is 0 Å². The number of carbonyl (C=O) groups is 1. The Morgan fingerprint density at radius 2 is 2.31 bits per heavy atom. The fraction of sp³-hybridized carbons (Fsp3) is 0.200. The monoisotopic (exact) mass is 285 g/mol. The Hall–Kier alpha value is -0.890. The summed E-state index contributed by atoms with van der Waals surface area (Å²) >= 11 is 2.04. The van der Waals surface area contributed by atoms with E-state index in [0.717, 1.165) is 3.57 Å². The van der Waals surface area contributed by atoms with Gasteiger partial charge in [0.1, 0.15) is 6.07 Å². The molecule has 0 spiro atoms. The predicted molar refractivity (Wildman–Crippen MR) is 58.5 cm³/mol. The Kier molecular flexibility index (Phi) is 3.43. The maximum Gasteiger partial charge on any atom is 0.163 e. The summed E-state index contributed by atoms with van der Waals surface area (Å²) in [5, 5.41) is 8.73. The Balaban J connectivity index is 3.25. The molecule has 0 heterocycles. The molecule has 0 atom stereocenters. The third-order valence-corrected chi connectivity index (χ3v) is 2.90. The number of Topliss-reactive ketones (excluding diaryl/α,β-unsaturated/α-hetero) is 1. The highest BCUT2D eigenvalue weighted by Crippen LogP contribution is 2.17. The van der Waals surface area contributed by atoms with E-state index in [0.29, 0.717) is 17.5 Å². The van der Waals surface area contributed by atoms with Crippen LogP contribution in [0.15, 0.2) is 18.2 Å². The zero-order valence-corrected chi connectivity index (χ0v) is 9.33. The van der Waals surface area contributed by atoms with Gasteiger partial charge in [0.05, 0.1) is 5.56 Å². The normalized spacial score (nSPS) is 9.31. The van der Waals surface area contributed by atoms with Gasteiger partial charge in [-0.15, -0.1) is 0 Å². The van der Waals surface area contributed by atoms with Crippen molar-refractivity contribution in [2.24, 2.45) is 0 Å². The maximum absolute atomic E-state index is 11.4. The van der Waals surface area contributed by atoms with Crippen molar-refractivity contribution < 1.29 is 4.79 Å². The lowest BCUT2D eigenvalue weighted by molar-refractivity contribution is 0.0987. The zero-order valence-electron chi connectivity index (χ0n) is 7.17. The minimum absolute atomic E-state index is 0.0847. The number of nitrogens with zero attached hydrogens (tertiary/aromatic N) is 1. The summed E-state index contributed by atoms with van der Waals surface area (Å²) in [4.78, 5) is 11.4. The fourth-order valence-electron chi connectivity index (χ4n) is 1.02. The van der Waals surface area contributed by atoms with Crippen LogP contribution in [0.1, 0.15) is 29.3 Å². The third-order valence-electron chi connectivity index (χ3n) is 1.74. The SMILES string of the molecule is CCC(=O)c1cccc(C#N)c1I. The standard InChI is InChI=1S/C10H8INO/c1-2-9(13)8-5-3-4-7(6-12)10(8)11/h3-5H,2H2,1H3. The molecule has 0 aliphatic carbocycles. The second-order valence-corrected chi connectivity index (χ2v) is 3.63. The number of carbonyl (C=O) groups excluding carboxylic acids is 1. The van der Waals surface area contributed by atoms with Crippen molar-refractivity contribution in [3.63, 3.8) is 0 Å². The number of nitriles is 1. The van der Waals surface area contributed by atoms with Crippen LogP contribution in [0.2, 0.25) is 0 Å². The van der Waals surface area contributed by atoms with Crippen LogP contribution in [-0.4, -0.2) is 5.78 Å². The van der Waals surface area contributed by atoms with Crippen molar-refractivity contribution in [3.8, 4) is 6.07 Å². The van der Waals surface area contributed by atoms with Gasteiger partial charge in [0, 0.05) is 15.6 Å². The number of hydrogen-bond donors (Lipinski definition) is 0. The van der Waals surface area contributed by atoms with Crippen LogP contribution in [0.4, 0.5) is 0 Å². The lowest BCUT2D eigenvalue weighted by atomic mass is 10.1. The fourth-order valence-corrected chi connectivity index (χ4v) is 1.81. The van der Waals surface area contributed by atoms with Crippen molar-refractivity contribution in [1.29, 1.82) is 5.26 Å². The van der Waals surface area contributed by atoms with Crippen LogP contribution < -0.4 is 0 Å². The molecular weight excluding hydrogens is 277 g/mol. The second-order valence-electron chi connectivity index (χ2n) is 2.56. The first kappa shape index (κ1) is 10.2. The molecule has 0 saturated carbocycles. The van der Waals surface area contributed by atoms with Crippen LogP contribution in [0.25, 0.3) is 0 Å². The highest BCUT2D eigenvalue weighted by Gasteiger charge is 2.10. The van der Waals surface area contributed by atoms with Crippen molar-refractivity contribution in [3.05, 3.63) is 32.9 Å². The molecule has 0 aliphatic rings. The summed E-state index contributed by atoms with van der Waals surface area (Å²) in [5.41, 5.74) is 1.22. The molecule has 0 N–H and O–H groups in total. The third kappa shape index (κ3) is 2.07. The van der Waals surface area contributed by atoms with E-state index < -0.39 is 0 Å². The number of ketones is 1. The first-order chi connectivity index (χ1) is 6.20. The Labute approximate surface area is 90.7 Å². The van der Waals surface area contributed by atoms with Crippen molar-refractivity contribution in [1.82, 2.24) is 0 Å². The summed E-state index contributed by atoms with van der Waals surface area (Å²) in [7, 11) is 0. The molecule has 66 valence electrons. The van der Waals surface area contributed by atoms with E-state index in [1.54, 1.807) is 18.2 Å². The predicted octanol–water partition coefficient (Wildman–Crippen LogP) is 2.76. The van der Waals surface area contributed by atoms with Gasteiger partial charge < -0.3 is 0 Å². The van der Waals surface area contributed by atoms with E-state index in [1.165, 1.54) is 0 Å². The molecule has 0 bridgehead atoms. The van der Waals surface area contributed by atoms with Gasteiger partial charge in [-0.05, 0) is 28.7 Å². The van der Waals surface area contributed by atoms with E-state index in [2.05, 4.69) is 6.07 Å². The molecule has 0 aromatic heterocycles. The lowest BCUT2D eigenvalue weighted by Crippen LogP contribution is -2.00. The zero-order chi connectivity index (χ0) is 9.84. The molecule has 0 amide bonds. The summed E-state index contributed by atoms with van der Waals surface area (Å²) < 4.78 is 0.759. The van der Waals surface area contributed by atoms with Gasteiger partial charge in [-0.2, -0.15) is 5.26 Å². The van der Waals surface area contributed by atoms with E-state index in [4.69, 9.17) is 5.26 Å². The lowest BCUT2D eigenvalue weighted by Gasteiger charge is -2.02. The number of hydrogen-bond acceptors (Lipinski definition) is 2. The maximum atomic E-state index is 11.4. The number of halogens is 1. The molecule has 2 nitrogen and oxygen atoms in total. The highest BCUT2D eigenvalue weighted by atomic mass is 127. The highest BCUT2D eigenvalue weighted by molar-refractivity contribution is 14.1. The van der Waals surface area contributed by atoms with Gasteiger partial charge >= 0.3 is 0 Å². The molecule has 13 heavy (non-hydrogen) atoms. The summed E-state index contributed by atoms with van der Waals surface area (Å²) in [6, 6.07) is 7.27. The average molecular weight is 285 g/mol. The van der Waals surface area contributed by atoms with Gasteiger partial charge in [-0.25, -0.2) is 0 Å². The van der Waals surface area contributed by atoms with Crippen molar-refractivity contribution in [2.75, 3.05) is 0 Å². The van der Waals surface area contributed by atoms with Crippen LogP contribution in [0, 0.1) is 14.9 Å². The molecule has 1 rings (SSSR count). The first-order valence-electron chi connectivity index (χ1n) is 3.92. The van der Waals surface area contributed by atoms with E-state index in [1.807, 2.05) is 29.5 Å². The molecule has 0 radical (unpaired) electrons. The Morgan fingerprint density at radius 3 is 2.85 bits per heavy atom. The number of rotatable bonds is 2. The molecule has 0 saturated heterocycles. The number of benzene rings is 1. The van der Waals surface area contributed by atoms with Gasteiger partial charge in [-0.1, -0.05) is 19.1 Å². The molecule has 1 aromatic rings. The molecule has 1 aromatic carbocycles. The van der Waals surface area contributed by atoms with Gasteiger partial charge in [-0.3, -0.25) is 4.79 Å². The van der Waals surface area contributed by atoms with E-state index in [9.17, 15) is 4.79 Å². The summed E-state index contributed by atoms with van der Waals surface area (Å²) in [5.74, 6) is 0.0847. The van der Waals surface area contributed by atoms with Crippen LogP contribution in [-0.2, 0) is 0 Å². The largest absolute Gasteiger partial charge is 0.294 e. The topological polar surface area (TPSA) is 40.9 Å². The van der Waals surface area contributed by atoms with Crippen LogP contribution >= 0.6 is 22.6 Å². The minimum Gasteiger partial charge on any atom is -0.294 e. The van der Waals surface area contributed by atoms with E-state index in [-0.39, 0.29) is 5.78 Å². The van der Waals surface area contributed by atoms with Gasteiger partial charge in [0.15, 0.2) is 5.78 Å². The Morgan fingerprint density at radius 1 is 1.62 bits per heavy atom. The summed E-state index contributed by atoms with van der Waals surface area (Å²) in [6.07, 6.45) is 0.477. The average Bonchev–Trinajstić information content (AvgIpc) is 2.17. The first-order valence-corrected chi connectivity index (χ1v) is 5.00. The second kappa shape index (κ2) is 4.38. The molecule has 0 fully saturated rings. The summed E-state index contributed by atoms with van der Waals surface area (Å²) in [6.45, 7) is 1.82. The molecule has 0 aliphatic heterocycles. The van der Waals surface area contributed by atoms with Gasteiger partial charge in [0.2, 0.25) is 0 Å². The van der Waals surface area contributed by atoms with Gasteiger partial charge in [0.25, 0.3) is 0 Å². The van der Waals surface area contributed by atoms with Crippen LogP contribution in [0.5, 0.6) is 0 Å². The van der Waals surface area contributed by atoms with Crippen molar-refractivity contribution in [2.45, 2.75) is 13.3 Å². The molecule has 0 unspecified atom stereocenters.